The highest BCUT2D eigenvalue weighted by atomic mass is 19.1. The fourth-order valence-corrected chi connectivity index (χ4v) is 4.09. The SMILES string of the molecule is CCOC(=O)c1cc(-c2cc(C)ncn2)cc2c1nc(C)n2-c1ccnc2c(F)ccc(F)c12. The molecule has 7 nitrogen and oxygen atoms in total. The highest BCUT2D eigenvalue weighted by Gasteiger charge is 2.22. The molecule has 0 spiro atoms. The molecule has 0 amide bonds. The van der Waals surface area contributed by atoms with Crippen LogP contribution in [0, 0.1) is 25.5 Å². The maximum absolute atomic E-state index is 14.9. The van der Waals surface area contributed by atoms with E-state index in [0.717, 1.165) is 17.8 Å². The molecule has 0 saturated carbocycles. The Morgan fingerprint density at radius 3 is 2.56 bits per heavy atom. The molecule has 170 valence electrons. The van der Waals surface area contributed by atoms with E-state index in [1.165, 1.54) is 12.5 Å². The van der Waals surface area contributed by atoms with Crippen molar-refractivity contribution in [1.82, 2.24) is 24.5 Å². The van der Waals surface area contributed by atoms with Crippen molar-refractivity contribution in [2.75, 3.05) is 6.61 Å². The molecule has 5 aromatic rings. The molecule has 0 aliphatic heterocycles. The van der Waals surface area contributed by atoms with Crippen LogP contribution in [0.3, 0.4) is 0 Å². The molecule has 2 aromatic carbocycles. The average molecular weight is 459 g/mol. The topological polar surface area (TPSA) is 82.8 Å². The molecule has 0 atom stereocenters. The Bertz CT molecular complexity index is 1600. The zero-order chi connectivity index (χ0) is 24.0. The van der Waals surface area contributed by atoms with E-state index in [1.54, 1.807) is 36.6 Å². The normalized spacial score (nSPS) is 11.3. The first-order chi connectivity index (χ1) is 16.4. The summed E-state index contributed by atoms with van der Waals surface area (Å²) in [6.07, 6.45) is 2.85. The van der Waals surface area contributed by atoms with Gasteiger partial charge in [-0.15, -0.1) is 0 Å². The van der Waals surface area contributed by atoms with Gasteiger partial charge < -0.3 is 4.74 Å². The molecule has 0 unspecified atom stereocenters. The number of benzene rings is 2. The Labute approximate surface area is 193 Å². The van der Waals surface area contributed by atoms with Gasteiger partial charge in [-0.3, -0.25) is 9.55 Å². The fraction of sp³-hybridized carbons (Fsp3) is 0.160. The van der Waals surface area contributed by atoms with Gasteiger partial charge in [-0.1, -0.05) is 0 Å². The maximum atomic E-state index is 14.9. The first-order valence-electron chi connectivity index (χ1n) is 10.6. The molecule has 0 fully saturated rings. The summed E-state index contributed by atoms with van der Waals surface area (Å²) in [5.74, 6) is -1.31. The predicted molar refractivity (Wildman–Crippen MR) is 123 cm³/mol. The highest BCUT2D eigenvalue weighted by molar-refractivity contribution is 6.05. The Balaban J connectivity index is 1.88. The molecular weight excluding hydrogens is 440 g/mol. The summed E-state index contributed by atoms with van der Waals surface area (Å²) in [5, 5.41) is 0.0193. The fourth-order valence-electron chi connectivity index (χ4n) is 4.09. The monoisotopic (exact) mass is 459 g/mol. The molecule has 0 N–H and O–H groups in total. The molecule has 0 saturated heterocycles. The number of ether oxygens (including phenoxy) is 1. The van der Waals surface area contributed by atoms with Gasteiger partial charge in [-0.2, -0.15) is 0 Å². The number of imidazole rings is 1. The summed E-state index contributed by atoms with van der Waals surface area (Å²) >= 11 is 0. The number of nitrogens with zero attached hydrogens (tertiary/aromatic N) is 5. The minimum atomic E-state index is -0.635. The van der Waals surface area contributed by atoms with Crippen molar-refractivity contribution in [2.45, 2.75) is 20.8 Å². The number of rotatable bonds is 4. The number of fused-ring (bicyclic) bond motifs is 2. The number of aryl methyl sites for hydroxylation is 2. The van der Waals surface area contributed by atoms with Gasteiger partial charge >= 0.3 is 5.97 Å². The van der Waals surface area contributed by atoms with Crippen molar-refractivity contribution in [3.05, 3.63) is 77.6 Å². The summed E-state index contributed by atoms with van der Waals surface area (Å²) in [7, 11) is 0. The van der Waals surface area contributed by atoms with Crippen LogP contribution in [0.25, 0.3) is 38.9 Å². The summed E-state index contributed by atoms with van der Waals surface area (Å²) in [4.78, 5) is 29.9. The number of hydrogen-bond acceptors (Lipinski definition) is 6. The largest absolute Gasteiger partial charge is 0.462 e. The molecule has 5 rings (SSSR count). The first-order valence-corrected chi connectivity index (χ1v) is 10.6. The number of hydrogen-bond donors (Lipinski definition) is 0. The Hall–Kier alpha value is -4.27. The summed E-state index contributed by atoms with van der Waals surface area (Å²) < 4.78 is 36.3. The lowest BCUT2D eigenvalue weighted by atomic mass is 10.0. The van der Waals surface area contributed by atoms with E-state index in [0.29, 0.717) is 33.8 Å². The Morgan fingerprint density at radius 2 is 1.79 bits per heavy atom. The maximum Gasteiger partial charge on any atom is 0.340 e. The van der Waals surface area contributed by atoms with Crippen LogP contribution in [-0.2, 0) is 4.74 Å². The zero-order valence-corrected chi connectivity index (χ0v) is 18.6. The van der Waals surface area contributed by atoms with E-state index in [2.05, 4.69) is 19.9 Å². The first kappa shape index (κ1) is 21.6. The minimum Gasteiger partial charge on any atom is -0.462 e. The van der Waals surface area contributed by atoms with Gasteiger partial charge in [-0.05, 0) is 57.2 Å². The zero-order valence-electron chi connectivity index (χ0n) is 18.6. The van der Waals surface area contributed by atoms with Crippen molar-refractivity contribution in [1.29, 1.82) is 0 Å². The lowest BCUT2D eigenvalue weighted by Gasteiger charge is -2.13. The average Bonchev–Trinajstić information content (AvgIpc) is 3.16. The molecule has 0 aliphatic rings. The minimum absolute atomic E-state index is 0.0193. The number of esters is 1. The van der Waals surface area contributed by atoms with Gasteiger partial charge in [0, 0.05) is 17.5 Å². The van der Waals surface area contributed by atoms with Crippen LogP contribution in [0.5, 0.6) is 0 Å². The lowest BCUT2D eigenvalue weighted by molar-refractivity contribution is 0.0528. The smallest absolute Gasteiger partial charge is 0.340 e. The van der Waals surface area contributed by atoms with E-state index < -0.39 is 17.6 Å². The van der Waals surface area contributed by atoms with E-state index in [4.69, 9.17) is 4.74 Å². The van der Waals surface area contributed by atoms with E-state index in [-0.39, 0.29) is 23.1 Å². The molecule has 34 heavy (non-hydrogen) atoms. The number of aromatic nitrogens is 5. The third-order valence-corrected chi connectivity index (χ3v) is 5.53. The van der Waals surface area contributed by atoms with Crippen LogP contribution in [0.15, 0.2) is 48.9 Å². The molecule has 0 aliphatic carbocycles. The van der Waals surface area contributed by atoms with Crippen LogP contribution >= 0.6 is 0 Å². The van der Waals surface area contributed by atoms with Gasteiger partial charge in [0.1, 0.15) is 34.8 Å². The van der Waals surface area contributed by atoms with Gasteiger partial charge in [0.05, 0.1) is 34.5 Å². The second-order valence-corrected chi connectivity index (χ2v) is 7.73. The number of carbonyl (C=O) groups is 1. The van der Waals surface area contributed by atoms with Crippen LogP contribution in [-0.4, -0.2) is 37.1 Å². The van der Waals surface area contributed by atoms with Crippen molar-refractivity contribution in [3.63, 3.8) is 0 Å². The van der Waals surface area contributed by atoms with E-state index >= 15 is 0 Å². The standard InChI is InChI=1S/C25H19F2N5O2/c1-4-34-25(33)16-10-15(19-9-13(2)29-12-30-19)11-21-23(16)31-14(3)32(21)20-7-8-28-24-18(27)6-5-17(26)22(20)24/h5-12H,4H2,1-3H3. The quantitative estimate of drug-likeness (QED) is 0.348. The summed E-state index contributed by atoms with van der Waals surface area (Å²) in [6.45, 7) is 5.48. The highest BCUT2D eigenvalue weighted by Crippen LogP contribution is 2.33. The van der Waals surface area contributed by atoms with Crippen molar-refractivity contribution < 1.29 is 18.3 Å². The lowest BCUT2D eigenvalue weighted by Crippen LogP contribution is -2.06. The Morgan fingerprint density at radius 1 is 1.00 bits per heavy atom. The van der Waals surface area contributed by atoms with Crippen LogP contribution in [0.2, 0.25) is 0 Å². The number of pyridine rings is 1. The van der Waals surface area contributed by atoms with Crippen LogP contribution in [0.1, 0.15) is 28.8 Å². The summed E-state index contributed by atoms with van der Waals surface area (Å²) in [5.41, 5.74) is 3.40. The van der Waals surface area contributed by atoms with Crippen LogP contribution in [0.4, 0.5) is 8.78 Å². The third kappa shape index (κ3) is 3.45. The number of carbonyl (C=O) groups excluding carboxylic acids is 1. The van der Waals surface area contributed by atoms with E-state index in [1.807, 2.05) is 13.0 Å². The number of halogens is 2. The summed E-state index contributed by atoms with van der Waals surface area (Å²) in [6, 6.07) is 8.97. The van der Waals surface area contributed by atoms with Gasteiger partial charge in [-0.25, -0.2) is 28.5 Å². The van der Waals surface area contributed by atoms with Gasteiger partial charge in [0.2, 0.25) is 0 Å². The third-order valence-electron chi connectivity index (χ3n) is 5.53. The van der Waals surface area contributed by atoms with Crippen LogP contribution < -0.4 is 0 Å². The molecular formula is C25H19F2N5O2. The molecule has 0 radical (unpaired) electrons. The molecule has 3 aromatic heterocycles. The second-order valence-electron chi connectivity index (χ2n) is 7.73. The molecule has 9 heteroatoms. The second kappa shape index (κ2) is 8.26. The molecule has 3 heterocycles. The van der Waals surface area contributed by atoms with Crippen molar-refractivity contribution in [3.8, 4) is 16.9 Å². The van der Waals surface area contributed by atoms with Gasteiger partial charge in [0.25, 0.3) is 0 Å². The molecule has 0 bridgehead atoms. The van der Waals surface area contributed by atoms with E-state index in [9.17, 15) is 13.6 Å². The Kier molecular flexibility index (Phi) is 5.24. The van der Waals surface area contributed by atoms with Gasteiger partial charge in [0.15, 0.2) is 0 Å². The predicted octanol–water partition coefficient (Wildman–Crippen LogP) is 5.10. The van der Waals surface area contributed by atoms with Crippen molar-refractivity contribution >= 4 is 27.9 Å². The van der Waals surface area contributed by atoms with Crippen molar-refractivity contribution in [2.24, 2.45) is 0 Å².